The van der Waals surface area contributed by atoms with Gasteiger partial charge < -0.3 is 5.11 Å². The molecule has 0 radical (unpaired) electrons. The predicted molar refractivity (Wildman–Crippen MR) is 35.9 cm³/mol. The molecule has 0 saturated carbocycles. The second-order valence-electron chi connectivity index (χ2n) is 1.55. The molecule has 48 valence electrons. The summed E-state index contributed by atoms with van der Waals surface area (Å²) in [6.07, 6.45) is 0. The van der Waals surface area contributed by atoms with Crippen molar-refractivity contribution in [3.8, 4) is 5.75 Å². The van der Waals surface area contributed by atoms with Crippen LogP contribution in [0.25, 0.3) is 0 Å². The first-order valence-corrected chi connectivity index (χ1v) is 3.08. The van der Waals surface area contributed by atoms with Crippen LogP contribution >= 0.6 is 23.2 Å². The van der Waals surface area contributed by atoms with Crippen LogP contribution in [0.5, 0.6) is 5.75 Å². The van der Waals surface area contributed by atoms with Gasteiger partial charge in [-0.15, -0.1) is 0 Å². The molecule has 0 bridgehead atoms. The second kappa shape index (κ2) is 4.98. The van der Waals surface area contributed by atoms with E-state index in [1.165, 1.54) is 6.07 Å². The average molecular weight is 201 g/mol. The Morgan fingerprint density at radius 1 is 1.20 bits per heavy atom. The number of rotatable bonds is 0. The molecule has 0 heterocycles. The first kappa shape index (κ1) is 11.2. The van der Waals surface area contributed by atoms with E-state index in [-0.39, 0.29) is 62.2 Å². The van der Waals surface area contributed by atoms with Crippen molar-refractivity contribution in [3.05, 3.63) is 28.2 Å². The van der Waals surface area contributed by atoms with Crippen molar-refractivity contribution in [3.63, 3.8) is 0 Å². The molecule has 0 spiro atoms. The summed E-state index contributed by atoms with van der Waals surface area (Å²) >= 11 is 10.9. The predicted octanol–water partition coefficient (Wildman–Crippen LogP) is -0.929. The van der Waals surface area contributed by atoms with Crippen molar-refractivity contribution < 1.29 is 56.5 Å². The number of halogens is 2. The summed E-state index contributed by atoms with van der Waals surface area (Å²) in [6, 6.07) is 4.51. The molecule has 0 saturated heterocycles. The molecule has 1 rings (SSSR count). The summed E-state index contributed by atoms with van der Waals surface area (Å²) in [5.74, 6) is -0.232. The Kier molecular flexibility index (Phi) is 5.60. The fraction of sp³-hybridized carbons (Fsp3) is 0. The topological polar surface area (TPSA) is 23.1 Å². The molecule has 1 aromatic carbocycles. The van der Waals surface area contributed by atoms with Crippen molar-refractivity contribution in [1.29, 1.82) is 0 Å². The molecule has 0 unspecified atom stereocenters. The molecule has 10 heavy (non-hydrogen) atoms. The molecular formula is C6H3Cl2KO. The Labute approximate surface area is 112 Å². The molecule has 0 aliphatic rings. The monoisotopic (exact) mass is 200 g/mol. The molecular weight excluding hydrogens is 198 g/mol. The third kappa shape index (κ3) is 2.70. The van der Waals surface area contributed by atoms with Crippen LogP contribution in [0.15, 0.2) is 18.2 Å². The summed E-state index contributed by atoms with van der Waals surface area (Å²) < 4.78 is 0. The molecule has 0 aromatic heterocycles. The summed E-state index contributed by atoms with van der Waals surface area (Å²) in [5.41, 5.74) is 0. The van der Waals surface area contributed by atoms with Gasteiger partial charge in [-0.1, -0.05) is 41.1 Å². The van der Waals surface area contributed by atoms with Gasteiger partial charge in [-0.2, -0.15) is 0 Å². The molecule has 1 nitrogen and oxygen atoms in total. The minimum atomic E-state index is -0.232. The Hall–Kier alpha value is 1.24. The quantitative estimate of drug-likeness (QED) is 0.497. The Morgan fingerprint density at radius 2 is 1.80 bits per heavy atom. The van der Waals surface area contributed by atoms with Gasteiger partial charge in [0.15, 0.2) is 0 Å². The second-order valence-corrected chi connectivity index (χ2v) is 2.34. The van der Waals surface area contributed by atoms with Crippen molar-refractivity contribution in [1.82, 2.24) is 0 Å². The molecule has 4 heteroatoms. The van der Waals surface area contributed by atoms with Gasteiger partial charge in [0.2, 0.25) is 0 Å². The third-order valence-corrected chi connectivity index (χ3v) is 1.72. The molecule has 0 atom stereocenters. The van der Waals surface area contributed by atoms with E-state index in [0.29, 0.717) is 5.02 Å². The van der Waals surface area contributed by atoms with Crippen LogP contribution in [-0.2, 0) is 0 Å². The maximum atomic E-state index is 10.6. The number of hydrogen-bond donors (Lipinski definition) is 0. The van der Waals surface area contributed by atoms with Gasteiger partial charge in [0.05, 0.1) is 10.0 Å². The van der Waals surface area contributed by atoms with Gasteiger partial charge in [0.25, 0.3) is 0 Å². The SMILES string of the molecule is [K+].[O-]c1cccc(Cl)c1Cl. The summed E-state index contributed by atoms with van der Waals surface area (Å²) in [5, 5.41) is 11.0. The van der Waals surface area contributed by atoms with E-state index in [1.54, 1.807) is 12.1 Å². The largest absolute Gasteiger partial charge is 1.00 e. The maximum absolute atomic E-state index is 10.6. The summed E-state index contributed by atoms with van der Waals surface area (Å²) in [6.45, 7) is 0. The van der Waals surface area contributed by atoms with Crippen molar-refractivity contribution in [2.75, 3.05) is 0 Å². The summed E-state index contributed by atoms with van der Waals surface area (Å²) in [7, 11) is 0. The molecule has 0 fully saturated rings. The Balaban J connectivity index is 0.000000810. The average Bonchev–Trinajstić information content (AvgIpc) is 1.83. The number of hydrogen-bond acceptors (Lipinski definition) is 1. The van der Waals surface area contributed by atoms with Crippen LogP contribution in [0, 0.1) is 0 Å². The standard InChI is InChI=1S/C6H4Cl2O.K/c7-4-2-1-3-5(9)6(4)8;/h1-3,9H;/q;+1/p-1. The fourth-order valence-electron chi connectivity index (χ4n) is 0.484. The van der Waals surface area contributed by atoms with E-state index in [9.17, 15) is 5.11 Å². The van der Waals surface area contributed by atoms with E-state index in [0.717, 1.165) is 0 Å². The van der Waals surface area contributed by atoms with E-state index in [4.69, 9.17) is 23.2 Å². The summed E-state index contributed by atoms with van der Waals surface area (Å²) in [4.78, 5) is 0. The maximum Gasteiger partial charge on any atom is 1.00 e. The zero-order valence-corrected chi connectivity index (χ0v) is 10.0. The van der Waals surface area contributed by atoms with Crippen LogP contribution in [-0.4, -0.2) is 0 Å². The van der Waals surface area contributed by atoms with E-state index in [2.05, 4.69) is 0 Å². The van der Waals surface area contributed by atoms with Gasteiger partial charge in [0.1, 0.15) is 0 Å². The van der Waals surface area contributed by atoms with E-state index >= 15 is 0 Å². The van der Waals surface area contributed by atoms with Crippen LogP contribution in [0.1, 0.15) is 0 Å². The van der Waals surface area contributed by atoms with Crippen LogP contribution in [0.4, 0.5) is 0 Å². The van der Waals surface area contributed by atoms with Gasteiger partial charge in [0, 0.05) is 0 Å². The van der Waals surface area contributed by atoms with Crippen LogP contribution < -0.4 is 56.5 Å². The minimum absolute atomic E-state index is 0. The van der Waals surface area contributed by atoms with Gasteiger partial charge in [-0.25, -0.2) is 0 Å². The van der Waals surface area contributed by atoms with Gasteiger partial charge in [-0.05, 0) is 6.07 Å². The van der Waals surface area contributed by atoms with Crippen molar-refractivity contribution in [2.45, 2.75) is 0 Å². The third-order valence-electron chi connectivity index (χ3n) is 0.916. The molecule has 0 aliphatic carbocycles. The first-order chi connectivity index (χ1) is 4.22. The molecule has 0 N–H and O–H groups in total. The molecule has 0 amide bonds. The van der Waals surface area contributed by atoms with Crippen molar-refractivity contribution >= 4 is 23.2 Å². The zero-order valence-electron chi connectivity index (χ0n) is 5.40. The van der Waals surface area contributed by atoms with E-state index in [1.807, 2.05) is 0 Å². The Bertz CT molecular complexity index is 207. The fourth-order valence-corrected chi connectivity index (χ4v) is 0.776. The molecule has 0 aliphatic heterocycles. The van der Waals surface area contributed by atoms with E-state index < -0.39 is 0 Å². The van der Waals surface area contributed by atoms with Gasteiger partial charge in [-0.3, -0.25) is 0 Å². The van der Waals surface area contributed by atoms with Crippen LogP contribution in [0.3, 0.4) is 0 Å². The Morgan fingerprint density at radius 3 is 2.20 bits per heavy atom. The normalized spacial score (nSPS) is 8.60. The minimum Gasteiger partial charge on any atom is -0.871 e. The first-order valence-electron chi connectivity index (χ1n) is 2.33. The van der Waals surface area contributed by atoms with Crippen molar-refractivity contribution in [2.24, 2.45) is 0 Å². The van der Waals surface area contributed by atoms with Gasteiger partial charge >= 0.3 is 51.4 Å². The van der Waals surface area contributed by atoms with Crippen LogP contribution in [0.2, 0.25) is 10.0 Å². The smallest absolute Gasteiger partial charge is 0.871 e. The molecule has 1 aromatic rings. The zero-order chi connectivity index (χ0) is 6.85. The number of benzene rings is 1.